The molecule has 4 aromatic rings. The maximum Gasteiger partial charge on any atom is 0.154 e. The van der Waals surface area contributed by atoms with E-state index in [4.69, 9.17) is 37.7 Å². The molecule has 0 amide bonds. The summed E-state index contributed by atoms with van der Waals surface area (Å²) in [5.41, 5.74) is 4.43. The molecule has 0 bridgehead atoms. The Kier molecular flexibility index (Phi) is 5.22. The van der Waals surface area contributed by atoms with E-state index < -0.39 is 0 Å². The number of halogens is 2. The van der Waals surface area contributed by atoms with Gasteiger partial charge in [0.15, 0.2) is 5.75 Å². The molecular weight excluding hydrogens is 435 g/mol. The van der Waals surface area contributed by atoms with E-state index in [1.54, 1.807) is 19.2 Å². The van der Waals surface area contributed by atoms with Crippen molar-refractivity contribution in [3.63, 3.8) is 0 Å². The minimum atomic E-state index is -0.00348. The molecule has 0 aliphatic carbocycles. The minimum Gasteiger partial charge on any atom is -0.488 e. The second-order valence-electron chi connectivity index (χ2n) is 7.51. The van der Waals surface area contributed by atoms with Crippen molar-refractivity contribution in [1.29, 1.82) is 0 Å². The number of aromatic amines is 1. The van der Waals surface area contributed by atoms with Crippen LogP contribution in [0, 0.1) is 6.92 Å². The number of fused-ring (bicyclic) bond motifs is 2. The summed E-state index contributed by atoms with van der Waals surface area (Å²) in [6.07, 6.45) is 1.87. The lowest BCUT2D eigenvalue weighted by Gasteiger charge is -2.38. The van der Waals surface area contributed by atoms with Crippen molar-refractivity contribution >= 4 is 45.7 Å². The monoisotopic (exact) mass is 454 g/mol. The number of anilines is 2. The fourth-order valence-corrected chi connectivity index (χ4v) is 4.19. The van der Waals surface area contributed by atoms with Crippen LogP contribution in [0.1, 0.15) is 5.56 Å². The average Bonchev–Trinajstić information content (AvgIpc) is 3.17. The lowest BCUT2D eigenvalue weighted by molar-refractivity contribution is 0.146. The van der Waals surface area contributed by atoms with E-state index in [9.17, 15) is 0 Å². The van der Waals surface area contributed by atoms with Crippen LogP contribution in [0.4, 0.5) is 11.5 Å². The van der Waals surface area contributed by atoms with Gasteiger partial charge in [0.1, 0.15) is 18.2 Å². The summed E-state index contributed by atoms with van der Waals surface area (Å²) in [5.74, 6) is 2.28. The van der Waals surface area contributed by atoms with Crippen LogP contribution < -0.4 is 9.64 Å². The predicted octanol–water partition coefficient (Wildman–Crippen LogP) is 5.79. The summed E-state index contributed by atoms with van der Waals surface area (Å²) in [6, 6.07) is 13.6. The Balaban J connectivity index is 1.64. The normalized spacial score (nSPS) is 15.7. The Morgan fingerprint density at radius 1 is 1.19 bits per heavy atom. The van der Waals surface area contributed by atoms with Crippen molar-refractivity contribution in [2.24, 2.45) is 0 Å². The van der Waals surface area contributed by atoms with Gasteiger partial charge in [0.2, 0.25) is 0 Å². The van der Waals surface area contributed by atoms with Crippen molar-refractivity contribution in [3.05, 3.63) is 64.3 Å². The van der Waals surface area contributed by atoms with Crippen LogP contribution in [-0.2, 0) is 4.74 Å². The zero-order valence-corrected chi connectivity index (χ0v) is 18.5. The van der Waals surface area contributed by atoms with Gasteiger partial charge in [0, 0.05) is 13.3 Å². The number of aryl methyl sites for hydroxylation is 1. The number of hydrogen-bond donors (Lipinski definition) is 1. The smallest absolute Gasteiger partial charge is 0.154 e. The summed E-state index contributed by atoms with van der Waals surface area (Å²) >= 11 is 12.3. The van der Waals surface area contributed by atoms with Crippen molar-refractivity contribution in [2.75, 3.05) is 25.2 Å². The molecule has 0 spiro atoms. The first-order valence-corrected chi connectivity index (χ1v) is 10.6. The van der Waals surface area contributed by atoms with Crippen LogP contribution in [0.15, 0.2) is 48.7 Å². The second kappa shape index (κ2) is 8.04. The molecule has 0 fully saturated rings. The van der Waals surface area contributed by atoms with E-state index in [1.807, 2.05) is 37.4 Å². The second-order valence-corrected chi connectivity index (χ2v) is 8.32. The first kappa shape index (κ1) is 20.1. The lowest BCUT2D eigenvalue weighted by Crippen LogP contribution is -2.43. The van der Waals surface area contributed by atoms with Crippen LogP contribution in [-0.4, -0.2) is 41.3 Å². The number of methoxy groups -OCH3 is 1. The summed E-state index contributed by atoms with van der Waals surface area (Å²) < 4.78 is 11.7. The molecule has 0 saturated carbocycles. The first-order chi connectivity index (χ1) is 15.0. The number of imidazole rings is 1. The molecule has 31 heavy (non-hydrogen) atoms. The van der Waals surface area contributed by atoms with Crippen LogP contribution in [0.2, 0.25) is 10.0 Å². The Labute approximate surface area is 189 Å². The molecule has 1 aliphatic heterocycles. The van der Waals surface area contributed by atoms with Gasteiger partial charge in [0.05, 0.1) is 45.0 Å². The number of H-pyrrole nitrogens is 1. The van der Waals surface area contributed by atoms with Gasteiger partial charge in [-0.15, -0.1) is 0 Å². The SMILES string of the molecule is COC[C@H]1COc2c(-c3nc4cc(Cl)c(Cl)cc4[nH]3)cccc2N1c1ccc(C)cn1. The minimum absolute atomic E-state index is 0.00348. The van der Waals surface area contributed by atoms with Gasteiger partial charge in [-0.25, -0.2) is 9.97 Å². The van der Waals surface area contributed by atoms with Crippen molar-refractivity contribution in [2.45, 2.75) is 13.0 Å². The highest BCUT2D eigenvalue weighted by atomic mass is 35.5. The average molecular weight is 455 g/mol. The maximum absolute atomic E-state index is 6.23. The van der Waals surface area contributed by atoms with Crippen molar-refractivity contribution in [3.8, 4) is 17.1 Å². The topological polar surface area (TPSA) is 63.3 Å². The van der Waals surface area contributed by atoms with Crippen molar-refractivity contribution in [1.82, 2.24) is 15.0 Å². The molecule has 2 aromatic carbocycles. The third kappa shape index (κ3) is 3.61. The zero-order chi connectivity index (χ0) is 21.5. The molecule has 2 aromatic heterocycles. The van der Waals surface area contributed by atoms with Gasteiger partial charge in [-0.1, -0.05) is 35.3 Å². The number of hydrogen-bond acceptors (Lipinski definition) is 5. The number of nitrogens with zero attached hydrogens (tertiary/aromatic N) is 3. The molecule has 0 unspecified atom stereocenters. The van der Waals surface area contributed by atoms with Gasteiger partial charge in [-0.2, -0.15) is 0 Å². The number of aromatic nitrogens is 3. The largest absolute Gasteiger partial charge is 0.488 e. The molecule has 0 radical (unpaired) electrons. The quantitative estimate of drug-likeness (QED) is 0.422. The number of para-hydroxylation sites is 1. The maximum atomic E-state index is 6.23. The molecule has 158 valence electrons. The number of rotatable bonds is 4. The molecular formula is C23H20Cl2N4O2. The Morgan fingerprint density at radius 2 is 2.03 bits per heavy atom. The molecule has 3 heterocycles. The third-order valence-corrected chi connectivity index (χ3v) is 6.04. The molecule has 0 saturated heterocycles. The van der Waals surface area contributed by atoms with E-state index in [2.05, 4.69) is 20.9 Å². The lowest BCUT2D eigenvalue weighted by atomic mass is 10.1. The Bertz CT molecular complexity index is 1220. The highest BCUT2D eigenvalue weighted by molar-refractivity contribution is 6.42. The molecule has 5 rings (SSSR count). The van der Waals surface area contributed by atoms with Gasteiger partial charge in [0.25, 0.3) is 0 Å². The molecule has 8 heteroatoms. The van der Waals surface area contributed by atoms with E-state index in [0.717, 1.165) is 39.4 Å². The van der Waals surface area contributed by atoms with Gasteiger partial charge >= 0.3 is 0 Å². The van der Waals surface area contributed by atoms with E-state index in [1.165, 1.54) is 0 Å². The number of nitrogens with one attached hydrogen (secondary N) is 1. The molecule has 1 aliphatic rings. The summed E-state index contributed by atoms with van der Waals surface area (Å²) in [6.45, 7) is 3.00. The Morgan fingerprint density at radius 3 is 2.81 bits per heavy atom. The molecule has 1 N–H and O–H groups in total. The number of pyridine rings is 1. The van der Waals surface area contributed by atoms with E-state index >= 15 is 0 Å². The number of ether oxygens (including phenoxy) is 2. The highest BCUT2D eigenvalue weighted by Gasteiger charge is 2.32. The van der Waals surface area contributed by atoms with Crippen LogP contribution in [0.25, 0.3) is 22.4 Å². The van der Waals surface area contributed by atoms with E-state index in [0.29, 0.717) is 29.1 Å². The van der Waals surface area contributed by atoms with Gasteiger partial charge in [-0.05, 0) is 42.8 Å². The predicted molar refractivity (Wildman–Crippen MR) is 124 cm³/mol. The van der Waals surface area contributed by atoms with Gasteiger partial charge < -0.3 is 19.4 Å². The van der Waals surface area contributed by atoms with Crippen LogP contribution >= 0.6 is 23.2 Å². The fraction of sp³-hybridized carbons (Fsp3) is 0.217. The first-order valence-electron chi connectivity index (χ1n) is 9.87. The molecule has 6 nitrogen and oxygen atoms in total. The Hall–Kier alpha value is -2.80. The van der Waals surface area contributed by atoms with E-state index in [-0.39, 0.29) is 6.04 Å². The summed E-state index contributed by atoms with van der Waals surface area (Å²) in [5, 5.41) is 0.951. The van der Waals surface area contributed by atoms with Gasteiger partial charge in [-0.3, -0.25) is 0 Å². The summed E-state index contributed by atoms with van der Waals surface area (Å²) in [7, 11) is 1.69. The molecule has 1 atom stereocenters. The zero-order valence-electron chi connectivity index (χ0n) is 17.0. The fourth-order valence-electron chi connectivity index (χ4n) is 3.86. The number of benzene rings is 2. The third-order valence-electron chi connectivity index (χ3n) is 5.32. The summed E-state index contributed by atoms with van der Waals surface area (Å²) in [4.78, 5) is 14.9. The van der Waals surface area contributed by atoms with Crippen LogP contribution in [0.5, 0.6) is 5.75 Å². The van der Waals surface area contributed by atoms with Crippen LogP contribution in [0.3, 0.4) is 0 Å². The highest BCUT2D eigenvalue weighted by Crippen LogP contribution is 2.44. The standard InChI is InChI=1S/C23H20Cl2N4O2/c1-13-6-7-21(26-10-13)29-14(11-30-2)12-31-22-15(4-3-5-20(22)29)23-27-18-8-16(24)17(25)9-19(18)28-23/h3-10,14H,11-12H2,1-2H3,(H,27,28)/t14-/m0/s1. The van der Waals surface area contributed by atoms with Crippen molar-refractivity contribution < 1.29 is 9.47 Å².